The van der Waals surface area contributed by atoms with Crippen molar-refractivity contribution in [3.05, 3.63) is 41.6 Å². The van der Waals surface area contributed by atoms with Gasteiger partial charge in [-0.25, -0.2) is 9.59 Å². The van der Waals surface area contributed by atoms with E-state index in [2.05, 4.69) is 10.6 Å². The number of esters is 1. The summed E-state index contributed by atoms with van der Waals surface area (Å²) in [6.45, 7) is 4.09. The Morgan fingerprint density at radius 2 is 1.96 bits per heavy atom. The van der Waals surface area contributed by atoms with Gasteiger partial charge in [-0.15, -0.1) is 0 Å². The number of carbonyl (C=O) groups excluding carboxylic acids is 2. The third kappa shape index (κ3) is 4.84. The molecule has 23 heavy (non-hydrogen) atoms. The minimum Gasteiger partial charge on any atom is -0.462 e. The Balaban J connectivity index is 1.97. The lowest BCUT2D eigenvalue weighted by Gasteiger charge is -2.12. The second kappa shape index (κ2) is 8.36. The van der Waals surface area contributed by atoms with E-state index in [0.717, 1.165) is 0 Å². The van der Waals surface area contributed by atoms with Gasteiger partial charge in [0.2, 0.25) is 0 Å². The molecule has 0 saturated heterocycles. The topological polar surface area (TPSA) is 67.4 Å². The number of allylic oxidation sites excluding steroid dienone is 1. The van der Waals surface area contributed by atoms with E-state index in [9.17, 15) is 9.59 Å². The van der Waals surface area contributed by atoms with Gasteiger partial charge in [0, 0.05) is 6.20 Å². The van der Waals surface area contributed by atoms with Crippen LogP contribution >= 0.6 is 0 Å². The molecule has 124 valence electrons. The van der Waals surface area contributed by atoms with Crippen LogP contribution in [0.2, 0.25) is 0 Å². The molecule has 5 heteroatoms. The van der Waals surface area contributed by atoms with Gasteiger partial charge in [-0.1, -0.05) is 30.5 Å². The summed E-state index contributed by atoms with van der Waals surface area (Å²) < 4.78 is 4.99. The highest BCUT2D eigenvalue weighted by molar-refractivity contribution is 6.00. The number of nitrogens with one attached hydrogen (secondary N) is 2. The summed E-state index contributed by atoms with van der Waals surface area (Å²) in [6.07, 6.45) is 6.66. The molecule has 2 amide bonds. The highest BCUT2D eigenvalue weighted by atomic mass is 16.5. The lowest BCUT2D eigenvalue weighted by molar-refractivity contribution is 0.0527. The molecule has 1 aromatic carbocycles. The molecule has 5 nitrogen and oxygen atoms in total. The second-order valence-corrected chi connectivity index (χ2v) is 5.73. The molecular formula is C18H24N2O3. The predicted octanol–water partition coefficient (Wildman–Crippen LogP) is 4.08. The molecule has 0 spiro atoms. The Kier molecular flexibility index (Phi) is 6.20. The van der Waals surface area contributed by atoms with Crippen molar-refractivity contribution < 1.29 is 14.3 Å². The Morgan fingerprint density at radius 1 is 1.26 bits per heavy atom. The smallest absolute Gasteiger partial charge is 0.340 e. The van der Waals surface area contributed by atoms with Crippen molar-refractivity contribution in [1.29, 1.82) is 0 Å². The van der Waals surface area contributed by atoms with Crippen molar-refractivity contribution in [1.82, 2.24) is 5.32 Å². The van der Waals surface area contributed by atoms with E-state index < -0.39 is 5.97 Å². The molecule has 1 aliphatic carbocycles. The highest BCUT2D eigenvalue weighted by Gasteiger charge is 2.17. The molecule has 0 radical (unpaired) electrons. The first-order chi connectivity index (χ1) is 11.1. The van der Waals surface area contributed by atoms with Gasteiger partial charge in [0.05, 0.1) is 17.9 Å². The zero-order chi connectivity index (χ0) is 16.7. The first kappa shape index (κ1) is 17.1. The van der Waals surface area contributed by atoms with Crippen LogP contribution in [0.1, 0.15) is 49.9 Å². The van der Waals surface area contributed by atoms with E-state index >= 15 is 0 Å². The Bertz CT molecular complexity index is 590. The minimum absolute atomic E-state index is 0.294. The van der Waals surface area contributed by atoms with Crippen LogP contribution in [0.5, 0.6) is 0 Å². The highest BCUT2D eigenvalue weighted by Crippen LogP contribution is 2.30. The van der Waals surface area contributed by atoms with Gasteiger partial charge < -0.3 is 15.4 Å². The number of hydrogen-bond donors (Lipinski definition) is 2. The van der Waals surface area contributed by atoms with Gasteiger partial charge in [-0.3, -0.25) is 0 Å². The summed E-state index contributed by atoms with van der Waals surface area (Å²) in [4.78, 5) is 23.9. The molecule has 2 rings (SSSR count). The average molecular weight is 316 g/mol. The van der Waals surface area contributed by atoms with Crippen LogP contribution < -0.4 is 10.6 Å². The number of benzene rings is 1. The molecule has 0 aromatic heterocycles. The van der Waals surface area contributed by atoms with Crippen molar-refractivity contribution in [3.63, 3.8) is 0 Å². The molecule has 1 saturated carbocycles. The number of anilines is 1. The largest absolute Gasteiger partial charge is 0.462 e. The van der Waals surface area contributed by atoms with Crippen LogP contribution in [0.15, 0.2) is 36.0 Å². The first-order valence-corrected chi connectivity index (χ1v) is 8.12. The van der Waals surface area contributed by atoms with E-state index in [-0.39, 0.29) is 6.03 Å². The second-order valence-electron chi connectivity index (χ2n) is 5.73. The van der Waals surface area contributed by atoms with E-state index in [0.29, 0.717) is 23.8 Å². The van der Waals surface area contributed by atoms with E-state index in [1.165, 1.54) is 31.3 Å². The minimum atomic E-state index is -0.443. The van der Waals surface area contributed by atoms with Crippen LogP contribution in [0.25, 0.3) is 0 Å². The Morgan fingerprint density at radius 3 is 2.65 bits per heavy atom. The number of carbonyl (C=O) groups is 2. The maximum absolute atomic E-state index is 12.0. The van der Waals surface area contributed by atoms with Crippen LogP contribution in [0.4, 0.5) is 10.5 Å². The van der Waals surface area contributed by atoms with Crippen molar-refractivity contribution in [2.75, 3.05) is 11.9 Å². The number of amides is 2. The fourth-order valence-electron chi connectivity index (χ4n) is 2.82. The summed E-state index contributed by atoms with van der Waals surface area (Å²) in [5, 5.41) is 5.44. The fraction of sp³-hybridized carbons (Fsp3) is 0.444. The molecule has 1 aromatic rings. The van der Waals surface area contributed by atoms with E-state index in [4.69, 9.17) is 4.74 Å². The third-order valence-corrected chi connectivity index (χ3v) is 4.10. The van der Waals surface area contributed by atoms with Crippen LogP contribution in [0.3, 0.4) is 0 Å². The number of urea groups is 1. The van der Waals surface area contributed by atoms with Crippen LogP contribution in [-0.4, -0.2) is 18.6 Å². The molecule has 1 aliphatic rings. The summed E-state index contributed by atoms with van der Waals surface area (Å²) in [5.41, 5.74) is 1.98. The van der Waals surface area contributed by atoms with Crippen molar-refractivity contribution >= 4 is 17.7 Å². The number of rotatable bonds is 5. The number of para-hydroxylation sites is 1. The van der Waals surface area contributed by atoms with Crippen LogP contribution in [0, 0.1) is 5.92 Å². The normalized spacial score (nSPS) is 15.3. The maximum atomic E-state index is 12.0. The molecule has 0 atom stereocenters. The monoisotopic (exact) mass is 316 g/mol. The SMILES string of the molecule is CCOC(=O)c1ccccc1NC(=O)N/C=C(\C)C1CCCC1. The fourth-order valence-corrected chi connectivity index (χ4v) is 2.82. The standard InChI is InChI=1S/C18H24N2O3/c1-3-23-17(21)15-10-6-7-11-16(15)20-18(22)19-12-13(2)14-8-4-5-9-14/h6-7,10-12,14H,3-5,8-9H2,1-2H3,(H2,19,20,22)/b13-12+. The van der Waals surface area contributed by atoms with Crippen molar-refractivity contribution in [2.24, 2.45) is 5.92 Å². The molecule has 0 heterocycles. The molecular weight excluding hydrogens is 292 g/mol. The lowest BCUT2D eigenvalue weighted by atomic mass is 10.0. The van der Waals surface area contributed by atoms with Gasteiger partial charge >= 0.3 is 12.0 Å². The van der Waals surface area contributed by atoms with E-state index in [1.807, 2.05) is 6.92 Å². The lowest BCUT2D eigenvalue weighted by Crippen LogP contribution is -2.26. The van der Waals surface area contributed by atoms with Crippen molar-refractivity contribution in [3.8, 4) is 0 Å². The quantitative estimate of drug-likeness (QED) is 0.804. The van der Waals surface area contributed by atoms with Gasteiger partial charge in [0.1, 0.15) is 0 Å². The maximum Gasteiger partial charge on any atom is 0.340 e. The Labute approximate surface area is 137 Å². The molecule has 0 aliphatic heterocycles. The van der Waals surface area contributed by atoms with E-state index in [1.54, 1.807) is 37.4 Å². The summed E-state index contributed by atoms with van der Waals surface area (Å²) >= 11 is 0. The Hall–Kier alpha value is -2.30. The van der Waals surface area contributed by atoms with Crippen molar-refractivity contribution in [2.45, 2.75) is 39.5 Å². The molecule has 0 unspecified atom stereocenters. The molecule has 0 bridgehead atoms. The molecule has 1 fully saturated rings. The summed E-state index contributed by atoms with van der Waals surface area (Å²) in [5.74, 6) is 0.128. The van der Waals surface area contributed by atoms with Gasteiger partial charge in [0.15, 0.2) is 0 Å². The van der Waals surface area contributed by atoms with Gasteiger partial charge in [-0.2, -0.15) is 0 Å². The molecule has 2 N–H and O–H groups in total. The zero-order valence-electron chi connectivity index (χ0n) is 13.7. The summed E-state index contributed by atoms with van der Waals surface area (Å²) in [6, 6.07) is 6.45. The first-order valence-electron chi connectivity index (χ1n) is 8.12. The number of hydrogen-bond acceptors (Lipinski definition) is 3. The summed E-state index contributed by atoms with van der Waals surface area (Å²) in [7, 11) is 0. The van der Waals surface area contributed by atoms with Crippen LogP contribution in [-0.2, 0) is 4.74 Å². The predicted molar refractivity (Wildman–Crippen MR) is 90.3 cm³/mol. The average Bonchev–Trinajstić information content (AvgIpc) is 3.08. The van der Waals surface area contributed by atoms with Gasteiger partial charge in [-0.05, 0) is 44.7 Å². The van der Waals surface area contributed by atoms with Gasteiger partial charge in [0.25, 0.3) is 0 Å². The zero-order valence-corrected chi connectivity index (χ0v) is 13.7. The number of ether oxygens (including phenoxy) is 1. The third-order valence-electron chi connectivity index (χ3n) is 4.10.